The maximum atomic E-state index is 13.8. The molecule has 3 heterocycles. The maximum Gasteiger partial charge on any atom is 0.308 e. The van der Waals surface area contributed by atoms with E-state index in [-0.39, 0.29) is 24.3 Å². The molecule has 2 aromatic rings. The molecule has 3 aliphatic carbocycles. The van der Waals surface area contributed by atoms with Crippen molar-refractivity contribution in [2.45, 2.75) is 81.1 Å². The van der Waals surface area contributed by atoms with Crippen molar-refractivity contribution in [3.05, 3.63) is 64.7 Å². The van der Waals surface area contributed by atoms with E-state index in [0.717, 1.165) is 29.8 Å². The van der Waals surface area contributed by atoms with E-state index in [0.29, 0.717) is 48.7 Å². The summed E-state index contributed by atoms with van der Waals surface area (Å²) in [5.74, 6) is 0.548. The molecule has 41 heavy (non-hydrogen) atoms. The molecule has 2 bridgehead atoms. The minimum Gasteiger partial charge on any atom is -0.483 e. The Morgan fingerprint density at radius 1 is 1.12 bits per heavy atom. The number of nitrogens with zero attached hydrogens (tertiary/aromatic N) is 2. The summed E-state index contributed by atoms with van der Waals surface area (Å²) >= 11 is 0. The molecular formula is C33H34N2O6. The molecule has 2 amide bonds. The zero-order valence-corrected chi connectivity index (χ0v) is 23.2. The van der Waals surface area contributed by atoms with Crippen LogP contribution in [-0.2, 0) is 26.2 Å². The minimum absolute atomic E-state index is 0.0445. The number of piperidine rings is 1. The van der Waals surface area contributed by atoms with Crippen molar-refractivity contribution in [2.75, 3.05) is 13.1 Å². The predicted molar refractivity (Wildman–Crippen MR) is 149 cm³/mol. The van der Waals surface area contributed by atoms with Gasteiger partial charge in [-0.1, -0.05) is 36.4 Å². The number of amides is 2. The fraction of sp³-hybridized carbons (Fsp3) is 0.485. The second kappa shape index (κ2) is 8.76. The summed E-state index contributed by atoms with van der Waals surface area (Å²) in [4.78, 5) is 43.3. The number of carbonyl (C=O) groups is 3. The zero-order valence-electron chi connectivity index (χ0n) is 23.2. The summed E-state index contributed by atoms with van der Waals surface area (Å²) in [6, 6.07) is 12.8. The minimum atomic E-state index is -1.08. The van der Waals surface area contributed by atoms with Crippen LogP contribution in [0, 0.1) is 5.92 Å². The van der Waals surface area contributed by atoms with Crippen molar-refractivity contribution < 1.29 is 29.0 Å². The zero-order chi connectivity index (χ0) is 28.1. The highest BCUT2D eigenvalue weighted by Gasteiger charge is 2.74. The van der Waals surface area contributed by atoms with Crippen LogP contribution in [0.1, 0.15) is 62.1 Å². The molecule has 1 N–H and O–H groups in total. The lowest BCUT2D eigenvalue weighted by atomic mass is 9.48. The number of hydrogen-bond donors (Lipinski definition) is 1. The van der Waals surface area contributed by atoms with Gasteiger partial charge >= 0.3 is 5.97 Å². The predicted octanol–water partition coefficient (Wildman–Crippen LogP) is 3.39. The molecule has 4 fully saturated rings. The smallest absolute Gasteiger partial charge is 0.308 e. The third-order valence-electron chi connectivity index (χ3n) is 10.5. The van der Waals surface area contributed by atoms with Gasteiger partial charge in [-0.25, -0.2) is 0 Å². The van der Waals surface area contributed by atoms with Crippen LogP contribution in [0.25, 0.3) is 6.08 Å². The van der Waals surface area contributed by atoms with Gasteiger partial charge in [0.2, 0.25) is 5.91 Å². The van der Waals surface area contributed by atoms with E-state index in [1.807, 2.05) is 36.4 Å². The van der Waals surface area contributed by atoms with Crippen molar-refractivity contribution in [1.82, 2.24) is 9.80 Å². The van der Waals surface area contributed by atoms with Gasteiger partial charge in [-0.2, -0.15) is 0 Å². The molecule has 0 aromatic heterocycles. The van der Waals surface area contributed by atoms with Crippen molar-refractivity contribution in [3.8, 4) is 11.5 Å². The highest BCUT2D eigenvalue weighted by molar-refractivity contribution is 6.16. The molecule has 0 radical (unpaired) electrons. The third kappa shape index (κ3) is 3.50. The van der Waals surface area contributed by atoms with Gasteiger partial charge in [-0.3, -0.25) is 24.2 Å². The van der Waals surface area contributed by atoms with Crippen LogP contribution in [-0.4, -0.2) is 69.6 Å². The molecule has 8 nitrogen and oxygen atoms in total. The average molecular weight is 555 g/mol. The number of esters is 1. The van der Waals surface area contributed by atoms with Crippen LogP contribution in [0.5, 0.6) is 11.5 Å². The molecular weight excluding hydrogens is 520 g/mol. The Kier molecular flexibility index (Phi) is 5.39. The van der Waals surface area contributed by atoms with Gasteiger partial charge in [0.1, 0.15) is 6.10 Å². The van der Waals surface area contributed by atoms with Crippen molar-refractivity contribution in [1.29, 1.82) is 0 Å². The Morgan fingerprint density at radius 3 is 2.68 bits per heavy atom. The van der Waals surface area contributed by atoms with Gasteiger partial charge in [0, 0.05) is 30.6 Å². The fourth-order valence-corrected chi connectivity index (χ4v) is 8.73. The first-order valence-electron chi connectivity index (χ1n) is 14.9. The molecule has 2 saturated carbocycles. The monoisotopic (exact) mass is 554 g/mol. The van der Waals surface area contributed by atoms with E-state index in [1.54, 1.807) is 12.1 Å². The molecule has 8 heteroatoms. The Labute approximate surface area is 238 Å². The summed E-state index contributed by atoms with van der Waals surface area (Å²) in [5.41, 5.74) is 1.47. The number of aliphatic hydroxyl groups is 1. The van der Waals surface area contributed by atoms with Crippen LogP contribution in [0.4, 0.5) is 0 Å². The highest BCUT2D eigenvalue weighted by Crippen LogP contribution is 2.66. The number of imide groups is 1. The number of hydrogen-bond acceptors (Lipinski definition) is 7. The van der Waals surface area contributed by atoms with Crippen LogP contribution >= 0.6 is 0 Å². The Hall–Kier alpha value is -3.49. The molecule has 3 aliphatic heterocycles. The average Bonchev–Trinajstić information content (AvgIpc) is 3.63. The summed E-state index contributed by atoms with van der Waals surface area (Å²) in [6.45, 7) is 3.16. The Morgan fingerprint density at radius 2 is 1.93 bits per heavy atom. The van der Waals surface area contributed by atoms with Crippen LogP contribution in [0.15, 0.2) is 48.0 Å². The lowest BCUT2D eigenvalue weighted by molar-refractivity contribution is -0.201. The number of likely N-dealkylation sites (tertiary alicyclic amines) is 2. The molecule has 1 unspecified atom stereocenters. The fourth-order valence-electron chi connectivity index (χ4n) is 8.73. The summed E-state index contributed by atoms with van der Waals surface area (Å²) in [7, 11) is 0. The SMILES string of the molecule is CC(=O)Oc1ccc2c3c1O[C@H]1[C@H](N4C(=O)CC(=Cc5ccccc5)C4=O)CCC4(O)[C@@H](C2)N(CC2CC2)CC[C@]314. The van der Waals surface area contributed by atoms with Crippen LogP contribution in [0.3, 0.4) is 0 Å². The normalized spacial score (nSPS) is 34.5. The molecule has 5 atom stereocenters. The number of benzene rings is 2. The quantitative estimate of drug-likeness (QED) is 0.262. The molecule has 212 valence electrons. The lowest BCUT2D eigenvalue weighted by Gasteiger charge is -2.64. The summed E-state index contributed by atoms with van der Waals surface area (Å²) in [6.07, 6.45) is 5.97. The van der Waals surface area contributed by atoms with Gasteiger partial charge in [-0.15, -0.1) is 0 Å². The van der Waals surface area contributed by atoms with Crippen LogP contribution < -0.4 is 9.47 Å². The third-order valence-corrected chi connectivity index (χ3v) is 10.5. The van der Waals surface area contributed by atoms with Gasteiger partial charge < -0.3 is 14.6 Å². The second-order valence-corrected chi connectivity index (χ2v) is 12.8. The Bertz CT molecular complexity index is 1520. The maximum absolute atomic E-state index is 13.8. The van der Waals surface area contributed by atoms with Gasteiger partial charge in [-0.05, 0) is 74.3 Å². The number of rotatable bonds is 5. The number of ether oxygens (including phenoxy) is 2. The molecule has 6 aliphatic rings. The van der Waals surface area contributed by atoms with E-state index < -0.39 is 29.1 Å². The van der Waals surface area contributed by atoms with E-state index >= 15 is 0 Å². The van der Waals surface area contributed by atoms with Crippen LogP contribution in [0.2, 0.25) is 0 Å². The standard InChI is InChI=1S/C33H34N2O6/c1-19(36)40-25-10-9-22-16-26-33(39)12-11-24(35-27(37)17-23(31(35)38)15-20-5-3-2-4-6-20)30-32(33,28(22)29(25)41-30)13-14-34(26)18-21-7-8-21/h2-6,9-10,15,21,24,26,30,39H,7-8,11-14,16-18H2,1H3/t24-,26-,30+,32+,33?/m1/s1. The highest BCUT2D eigenvalue weighted by atomic mass is 16.6. The van der Waals surface area contributed by atoms with Gasteiger partial charge in [0.05, 0.1) is 23.5 Å². The van der Waals surface area contributed by atoms with Gasteiger partial charge in [0.15, 0.2) is 11.5 Å². The van der Waals surface area contributed by atoms with E-state index in [1.165, 1.54) is 24.7 Å². The first kappa shape index (κ1) is 25.2. The Balaban J connectivity index is 1.23. The number of carbonyl (C=O) groups excluding carboxylic acids is 3. The van der Waals surface area contributed by atoms with E-state index in [4.69, 9.17) is 9.47 Å². The molecule has 8 rings (SSSR count). The first-order chi connectivity index (χ1) is 19.8. The van der Waals surface area contributed by atoms with Crippen molar-refractivity contribution in [2.24, 2.45) is 5.92 Å². The molecule has 1 spiro atoms. The lowest BCUT2D eigenvalue weighted by Crippen LogP contribution is -2.78. The van der Waals surface area contributed by atoms with E-state index in [2.05, 4.69) is 4.90 Å². The van der Waals surface area contributed by atoms with E-state index in [9.17, 15) is 19.5 Å². The summed E-state index contributed by atoms with van der Waals surface area (Å²) < 4.78 is 12.4. The van der Waals surface area contributed by atoms with Crippen molar-refractivity contribution in [3.63, 3.8) is 0 Å². The summed E-state index contributed by atoms with van der Waals surface area (Å²) in [5, 5.41) is 12.8. The molecule has 2 saturated heterocycles. The second-order valence-electron chi connectivity index (χ2n) is 12.8. The first-order valence-corrected chi connectivity index (χ1v) is 14.9. The van der Waals surface area contributed by atoms with Crippen molar-refractivity contribution >= 4 is 23.9 Å². The largest absolute Gasteiger partial charge is 0.483 e. The van der Waals surface area contributed by atoms with Gasteiger partial charge in [0.25, 0.3) is 5.91 Å². The topological polar surface area (TPSA) is 96.4 Å². The molecule has 2 aromatic carbocycles.